The largest absolute Gasteiger partial charge is 0.497 e. The van der Waals surface area contributed by atoms with Crippen LogP contribution in [0.15, 0.2) is 46.5 Å². The van der Waals surface area contributed by atoms with Crippen molar-refractivity contribution in [3.8, 4) is 11.5 Å². The summed E-state index contributed by atoms with van der Waals surface area (Å²) >= 11 is 1.59. The molecule has 1 fully saturated rings. The van der Waals surface area contributed by atoms with Crippen molar-refractivity contribution in [1.82, 2.24) is 13.9 Å². The predicted molar refractivity (Wildman–Crippen MR) is 138 cm³/mol. The number of nitrogens with zero attached hydrogens (tertiary/aromatic N) is 3. The van der Waals surface area contributed by atoms with Gasteiger partial charge in [0, 0.05) is 31.0 Å². The van der Waals surface area contributed by atoms with Crippen molar-refractivity contribution >= 4 is 32.8 Å². The highest BCUT2D eigenvalue weighted by atomic mass is 32.2. The van der Waals surface area contributed by atoms with E-state index in [1.54, 1.807) is 38.1 Å². The zero-order valence-electron chi connectivity index (χ0n) is 20.7. The van der Waals surface area contributed by atoms with E-state index in [0.29, 0.717) is 30.9 Å². The molecule has 0 N–H and O–H groups in total. The first-order chi connectivity index (χ1) is 16.9. The Morgan fingerprint density at radius 1 is 1.14 bits per heavy atom. The summed E-state index contributed by atoms with van der Waals surface area (Å²) in [7, 11) is -0.273. The number of rotatable bonds is 11. The Balaban J connectivity index is 1.71. The van der Waals surface area contributed by atoms with E-state index in [1.165, 1.54) is 4.31 Å². The van der Waals surface area contributed by atoms with Crippen molar-refractivity contribution in [2.24, 2.45) is 0 Å². The van der Waals surface area contributed by atoms with E-state index in [9.17, 15) is 8.42 Å². The Morgan fingerprint density at radius 2 is 1.94 bits per heavy atom. The molecule has 35 heavy (non-hydrogen) atoms. The Labute approximate surface area is 211 Å². The van der Waals surface area contributed by atoms with Crippen LogP contribution in [0.25, 0.3) is 11.0 Å². The summed E-state index contributed by atoms with van der Waals surface area (Å²) < 4.78 is 46.6. The van der Waals surface area contributed by atoms with Gasteiger partial charge in [0.1, 0.15) is 11.5 Å². The third-order valence-corrected chi connectivity index (χ3v) is 9.35. The standard InChI is InChI=1S/C25H33N3O5S2/c1-5-27(6-2)35(29,30)21-10-11-23-22(15-21)26-25(28(23)16-20-8-7-13-33-20)34-17-18-14-19(31-3)9-12-24(18)32-4/h9-12,14-15,20H,5-8,13,16-17H2,1-4H3/t20-/m0/s1. The molecular weight excluding hydrogens is 486 g/mol. The van der Waals surface area contributed by atoms with E-state index >= 15 is 0 Å². The first kappa shape index (κ1) is 25.8. The summed E-state index contributed by atoms with van der Waals surface area (Å²) in [6.07, 6.45) is 2.17. The number of thioether (sulfide) groups is 1. The Morgan fingerprint density at radius 3 is 2.60 bits per heavy atom. The fourth-order valence-electron chi connectivity index (χ4n) is 4.38. The minimum Gasteiger partial charge on any atom is -0.497 e. The minimum atomic E-state index is -3.57. The molecule has 0 bridgehead atoms. The van der Waals surface area contributed by atoms with E-state index in [0.717, 1.165) is 47.2 Å². The molecule has 0 unspecified atom stereocenters. The van der Waals surface area contributed by atoms with Gasteiger partial charge >= 0.3 is 0 Å². The van der Waals surface area contributed by atoms with E-state index in [1.807, 2.05) is 38.1 Å². The minimum absolute atomic E-state index is 0.122. The summed E-state index contributed by atoms with van der Waals surface area (Å²) in [6, 6.07) is 11.0. The quantitative estimate of drug-likeness (QED) is 0.344. The number of ether oxygens (including phenoxy) is 3. The van der Waals surface area contributed by atoms with Gasteiger partial charge in [0.2, 0.25) is 10.0 Å². The molecule has 190 valence electrons. The van der Waals surface area contributed by atoms with Gasteiger partial charge in [-0.15, -0.1) is 0 Å². The first-order valence-electron chi connectivity index (χ1n) is 11.9. The van der Waals surface area contributed by atoms with Crippen molar-refractivity contribution < 1.29 is 22.6 Å². The second-order valence-electron chi connectivity index (χ2n) is 8.35. The van der Waals surface area contributed by atoms with Crippen LogP contribution in [0.4, 0.5) is 0 Å². The van der Waals surface area contributed by atoms with Crippen LogP contribution >= 0.6 is 11.8 Å². The summed E-state index contributed by atoms with van der Waals surface area (Å²) in [4.78, 5) is 5.13. The highest BCUT2D eigenvalue weighted by Gasteiger charge is 2.25. The lowest BCUT2D eigenvalue weighted by Crippen LogP contribution is -2.30. The van der Waals surface area contributed by atoms with Gasteiger partial charge in [-0.1, -0.05) is 25.6 Å². The molecule has 1 aromatic heterocycles. The molecule has 3 aromatic rings. The molecule has 0 spiro atoms. The van der Waals surface area contributed by atoms with Gasteiger partial charge < -0.3 is 18.8 Å². The zero-order valence-corrected chi connectivity index (χ0v) is 22.3. The predicted octanol–water partition coefficient (Wildman–Crippen LogP) is 4.56. The number of benzene rings is 2. The van der Waals surface area contributed by atoms with E-state index < -0.39 is 10.0 Å². The Bertz CT molecular complexity index is 1270. The SMILES string of the molecule is CCN(CC)S(=O)(=O)c1ccc2c(c1)nc(SCc1cc(OC)ccc1OC)n2C[C@@H]1CCCO1. The summed E-state index contributed by atoms with van der Waals surface area (Å²) in [5.41, 5.74) is 2.56. The fourth-order valence-corrected chi connectivity index (χ4v) is 6.86. The van der Waals surface area contributed by atoms with Crippen molar-refractivity contribution in [2.45, 2.75) is 55.1 Å². The number of fused-ring (bicyclic) bond motifs is 1. The second kappa shape index (κ2) is 11.2. The highest BCUT2D eigenvalue weighted by Crippen LogP contribution is 2.34. The smallest absolute Gasteiger partial charge is 0.243 e. The number of aromatic nitrogens is 2. The van der Waals surface area contributed by atoms with E-state index in [-0.39, 0.29) is 11.0 Å². The fraction of sp³-hybridized carbons (Fsp3) is 0.480. The molecule has 1 atom stereocenters. The second-order valence-corrected chi connectivity index (χ2v) is 11.2. The molecule has 2 aromatic carbocycles. The number of sulfonamides is 1. The van der Waals surface area contributed by atoms with Crippen molar-refractivity contribution in [3.63, 3.8) is 0 Å². The highest BCUT2D eigenvalue weighted by molar-refractivity contribution is 7.98. The Kier molecular flexibility index (Phi) is 8.26. The maximum Gasteiger partial charge on any atom is 0.243 e. The number of hydrogen-bond acceptors (Lipinski definition) is 7. The summed E-state index contributed by atoms with van der Waals surface area (Å²) in [5, 5.41) is 0.817. The van der Waals surface area contributed by atoms with E-state index in [2.05, 4.69) is 4.57 Å². The number of methoxy groups -OCH3 is 2. The summed E-state index contributed by atoms with van der Waals surface area (Å²) in [5.74, 6) is 2.17. The monoisotopic (exact) mass is 519 g/mol. The Hall–Kier alpha value is -2.27. The number of hydrogen-bond donors (Lipinski definition) is 0. The maximum atomic E-state index is 13.1. The first-order valence-corrected chi connectivity index (χ1v) is 14.3. The van der Waals surface area contributed by atoms with Gasteiger partial charge in [0.05, 0.1) is 42.8 Å². The van der Waals surface area contributed by atoms with Gasteiger partial charge in [-0.3, -0.25) is 0 Å². The lowest BCUT2D eigenvalue weighted by Gasteiger charge is -2.18. The van der Waals surface area contributed by atoms with Crippen LogP contribution < -0.4 is 9.47 Å². The number of imidazole rings is 1. The molecule has 2 heterocycles. The third kappa shape index (κ3) is 5.45. The molecular formula is C25H33N3O5S2. The molecule has 0 amide bonds. The van der Waals surface area contributed by atoms with Crippen LogP contribution in [0, 0.1) is 0 Å². The van der Waals surface area contributed by atoms with Crippen LogP contribution in [-0.2, 0) is 27.1 Å². The van der Waals surface area contributed by atoms with Crippen molar-refractivity contribution in [2.75, 3.05) is 33.9 Å². The molecule has 4 rings (SSSR count). The molecule has 1 aliphatic heterocycles. The van der Waals surface area contributed by atoms with E-state index in [4.69, 9.17) is 19.2 Å². The molecule has 8 nitrogen and oxygen atoms in total. The third-order valence-electron chi connectivity index (χ3n) is 6.28. The lowest BCUT2D eigenvalue weighted by atomic mass is 10.2. The van der Waals surface area contributed by atoms with Gasteiger partial charge in [-0.2, -0.15) is 4.31 Å². The summed E-state index contributed by atoms with van der Waals surface area (Å²) in [6.45, 7) is 5.99. The van der Waals surface area contributed by atoms with Crippen molar-refractivity contribution in [3.05, 3.63) is 42.0 Å². The van der Waals surface area contributed by atoms with Crippen LogP contribution in [-0.4, -0.2) is 62.3 Å². The van der Waals surface area contributed by atoms with Crippen LogP contribution in [0.1, 0.15) is 32.3 Å². The van der Waals surface area contributed by atoms with Gasteiger partial charge in [0.15, 0.2) is 5.16 Å². The molecule has 0 saturated carbocycles. The van der Waals surface area contributed by atoms with Gasteiger partial charge in [-0.25, -0.2) is 13.4 Å². The van der Waals surface area contributed by atoms with Crippen molar-refractivity contribution in [1.29, 1.82) is 0 Å². The maximum absolute atomic E-state index is 13.1. The molecule has 0 radical (unpaired) electrons. The van der Waals surface area contributed by atoms with Crippen LogP contribution in [0.2, 0.25) is 0 Å². The zero-order chi connectivity index (χ0) is 25.0. The normalized spacial score (nSPS) is 16.3. The van der Waals surface area contributed by atoms with Crippen LogP contribution in [0.3, 0.4) is 0 Å². The topological polar surface area (TPSA) is 82.9 Å². The van der Waals surface area contributed by atoms with Gasteiger partial charge in [-0.05, 0) is 49.2 Å². The molecule has 1 aliphatic rings. The van der Waals surface area contributed by atoms with Gasteiger partial charge in [0.25, 0.3) is 0 Å². The molecule has 10 heteroatoms. The molecule has 1 saturated heterocycles. The lowest BCUT2D eigenvalue weighted by molar-refractivity contribution is 0.0960. The average molecular weight is 520 g/mol. The van der Waals surface area contributed by atoms with Crippen LogP contribution in [0.5, 0.6) is 11.5 Å². The molecule has 0 aliphatic carbocycles. The average Bonchev–Trinajstić information content (AvgIpc) is 3.51.